The second-order valence-corrected chi connectivity index (χ2v) is 7.10. The van der Waals surface area contributed by atoms with Gasteiger partial charge in [-0.05, 0) is 18.6 Å². The standard InChI is InChI=1S/C20H18O5S/c1-12(2)19(22)24-9-10-25-20(23)14-7-8-17-15(18(14)21)11-13-5-3-4-6-16(13)26-17/h3-8,14H,1,9-11H2,2H3. The van der Waals surface area contributed by atoms with Crippen molar-refractivity contribution in [1.29, 1.82) is 0 Å². The first-order valence-corrected chi connectivity index (χ1v) is 8.99. The Labute approximate surface area is 155 Å². The molecule has 1 aromatic rings. The summed E-state index contributed by atoms with van der Waals surface area (Å²) in [6, 6.07) is 7.91. The Kier molecular flexibility index (Phi) is 5.42. The van der Waals surface area contributed by atoms with Gasteiger partial charge >= 0.3 is 11.9 Å². The van der Waals surface area contributed by atoms with Gasteiger partial charge in [0.2, 0.25) is 0 Å². The van der Waals surface area contributed by atoms with Gasteiger partial charge in [0.05, 0.1) is 0 Å². The van der Waals surface area contributed by atoms with E-state index in [4.69, 9.17) is 9.47 Å². The summed E-state index contributed by atoms with van der Waals surface area (Å²) in [5.41, 5.74) is 2.00. The molecule has 26 heavy (non-hydrogen) atoms. The fraction of sp³-hybridized carbons (Fsp3) is 0.250. The Morgan fingerprint density at radius 2 is 1.96 bits per heavy atom. The van der Waals surface area contributed by atoms with Gasteiger partial charge in [-0.15, -0.1) is 0 Å². The molecule has 0 aromatic heterocycles. The van der Waals surface area contributed by atoms with Crippen molar-refractivity contribution in [3.63, 3.8) is 0 Å². The van der Waals surface area contributed by atoms with Crippen LogP contribution >= 0.6 is 11.8 Å². The van der Waals surface area contributed by atoms with Crippen LogP contribution in [0.2, 0.25) is 0 Å². The molecule has 6 heteroatoms. The highest BCUT2D eigenvalue weighted by atomic mass is 32.2. The molecule has 0 fully saturated rings. The second-order valence-electron chi connectivity index (χ2n) is 6.01. The van der Waals surface area contributed by atoms with E-state index in [-0.39, 0.29) is 24.6 Å². The molecule has 0 N–H and O–H groups in total. The van der Waals surface area contributed by atoms with Crippen LogP contribution in [0.25, 0.3) is 0 Å². The zero-order valence-corrected chi connectivity index (χ0v) is 15.1. The van der Waals surface area contributed by atoms with Crippen molar-refractivity contribution in [3.05, 3.63) is 64.6 Å². The Morgan fingerprint density at radius 1 is 1.23 bits per heavy atom. The summed E-state index contributed by atoms with van der Waals surface area (Å²) in [7, 11) is 0. The number of esters is 2. The average Bonchev–Trinajstić information content (AvgIpc) is 2.63. The Balaban J connectivity index is 1.59. The number of benzene rings is 1. The monoisotopic (exact) mass is 370 g/mol. The first-order chi connectivity index (χ1) is 12.5. The molecule has 1 aliphatic heterocycles. The average molecular weight is 370 g/mol. The molecule has 0 bridgehead atoms. The minimum atomic E-state index is -0.948. The number of ketones is 1. The quantitative estimate of drug-likeness (QED) is 0.343. The van der Waals surface area contributed by atoms with Gasteiger partial charge in [-0.25, -0.2) is 4.79 Å². The maximum Gasteiger partial charge on any atom is 0.333 e. The summed E-state index contributed by atoms with van der Waals surface area (Å²) in [5, 5.41) is 0. The van der Waals surface area contributed by atoms with Crippen molar-refractivity contribution in [2.45, 2.75) is 18.2 Å². The van der Waals surface area contributed by atoms with E-state index in [1.807, 2.05) is 30.3 Å². The summed E-state index contributed by atoms with van der Waals surface area (Å²) in [5.74, 6) is -2.35. The number of hydrogen-bond donors (Lipinski definition) is 0. The molecular weight excluding hydrogens is 352 g/mol. The molecule has 134 valence electrons. The summed E-state index contributed by atoms with van der Waals surface area (Å²) in [6.45, 7) is 4.83. The topological polar surface area (TPSA) is 69.7 Å². The van der Waals surface area contributed by atoms with E-state index >= 15 is 0 Å². The van der Waals surface area contributed by atoms with Crippen molar-refractivity contribution < 1.29 is 23.9 Å². The molecule has 0 amide bonds. The third-order valence-electron chi connectivity index (χ3n) is 4.04. The lowest BCUT2D eigenvalue weighted by Gasteiger charge is -2.25. The smallest absolute Gasteiger partial charge is 0.333 e. The molecule has 0 radical (unpaired) electrons. The molecule has 3 rings (SSSR count). The molecule has 1 atom stereocenters. The number of carbonyl (C=O) groups excluding carboxylic acids is 3. The Bertz CT molecular complexity index is 850. The fourth-order valence-corrected chi connectivity index (χ4v) is 3.78. The van der Waals surface area contributed by atoms with Crippen molar-refractivity contribution in [1.82, 2.24) is 0 Å². The van der Waals surface area contributed by atoms with E-state index in [1.54, 1.807) is 6.08 Å². The number of fused-ring (bicyclic) bond motifs is 1. The lowest BCUT2D eigenvalue weighted by Crippen LogP contribution is -2.30. The molecule has 0 spiro atoms. The molecule has 2 aliphatic rings. The largest absolute Gasteiger partial charge is 0.461 e. The molecular formula is C20H18O5S. The predicted molar refractivity (Wildman–Crippen MR) is 97.4 cm³/mol. The van der Waals surface area contributed by atoms with Crippen molar-refractivity contribution in [2.75, 3.05) is 13.2 Å². The van der Waals surface area contributed by atoms with Gasteiger partial charge in [0.25, 0.3) is 0 Å². The number of thioether (sulfide) groups is 1. The van der Waals surface area contributed by atoms with Crippen molar-refractivity contribution in [3.8, 4) is 0 Å². The third kappa shape index (κ3) is 3.80. The molecule has 1 aromatic carbocycles. The SMILES string of the molecule is C=C(C)C(=O)OCCOC(=O)C1C=CC2=C(Cc3ccccc3S2)C1=O. The van der Waals surface area contributed by atoms with Crippen LogP contribution in [0.3, 0.4) is 0 Å². The lowest BCUT2D eigenvalue weighted by atomic mass is 9.88. The zero-order valence-electron chi connectivity index (χ0n) is 14.3. The summed E-state index contributed by atoms with van der Waals surface area (Å²) in [4.78, 5) is 38.2. The maximum absolute atomic E-state index is 12.7. The minimum absolute atomic E-state index is 0.0702. The van der Waals surface area contributed by atoms with Crippen molar-refractivity contribution >= 4 is 29.5 Å². The molecule has 1 aliphatic carbocycles. The minimum Gasteiger partial charge on any atom is -0.461 e. The number of rotatable bonds is 5. The molecule has 0 saturated carbocycles. The lowest BCUT2D eigenvalue weighted by molar-refractivity contribution is -0.154. The summed E-state index contributed by atoms with van der Waals surface area (Å²) < 4.78 is 9.95. The van der Waals surface area contributed by atoms with E-state index < -0.39 is 17.9 Å². The van der Waals surface area contributed by atoms with Gasteiger partial charge in [-0.3, -0.25) is 9.59 Å². The van der Waals surface area contributed by atoms with E-state index in [1.165, 1.54) is 18.7 Å². The number of hydrogen-bond acceptors (Lipinski definition) is 6. The van der Waals surface area contributed by atoms with Crippen LogP contribution in [0, 0.1) is 5.92 Å². The van der Waals surface area contributed by atoms with Crippen molar-refractivity contribution in [2.24, 2.45) is 5.92 Å². The highest BCUT2D eigenvalue weighted by Crippen LogP contribution is 2.41. The number of carbonyl (C=O) groups is 3. The van der Waals surface area contributed by atoms with Crippen LogP contribution in [-0.2, 0) is 30.3 Å². The zero-order chi connectivity index (χ0) is 18.7. The highest BCUT2D eigenvalue weighted by Gasteiger charge is 2.34. The normalized spacial score (nSPS) is 18.0. The van der Waals surface area contributed by atoms with Crippen LogP contribution < -0.4 is 0 Å². The summed E-state index contributed by atoms with van der Waals surface area (Å²) >= 11 is 1.54. The highest BCUT2D eigenvalue weighted by molar-refractivity contribution is 8.03. The van der Waals surface area contributed by atoms with E-state index in [0.717, 1.165) is 15.4 Å². The Morgan fingerprint density at radius 3 is 2.73 bits per heavy atom. The van der Waals surface area contributed by atoms with E-state index in [2.05, 4.69) is 6.58 Å². The number of ether oxygens (including phenoxy) is 2. The maximum atomic E-state index is 12.7. The molecule has 0 saturated heterocycles. The fourth-order valence-electron chi connectivity index (χ4n) is 2.68. The Hall–Kier alpha value is -2.60. The van der Waals surface area contributed by atoms with E-state index in [9.17, 15) is 14.4 Å². The van der Waals surface area contributed by atoms with Crippen LogP contribution in [0.15, 0.2) is 63.9 Å². The van der Waals surface area contributed by atoms with Crippen LogP contribution in [0.5, 0.6) is 0 Å². The molecule has 5 nitrogen and oxygen atoms in total. The summed E-state index contributed by atoms with van der Waals surface area (Å²) in [6.07, 6.45) is 3.90. The second kappa shape index (κ2) is 7.74. The van der Waals surface area contributed by atoms with Crippen LogP contribution in [0.4, 0.5) is 0 Å². The van der Waals surface area contributed by atoms with Crippen LogP contribution in [-0.4, -0.2) is 30.9 Å². The van der Waals surface area contributed by atoms with Gasteiger partial charge in [0, 0.05) is 27.4 Å². The first-order valence-electron chi connectivity index (χ1n) is 8.18. The van der Waals surface area contributed by atoms with Gasteiger partial charge in [-0.2, -0.15) is 0 Å². The first kappa shape index (κ1) is 18.2. The number of allylic oxidation sites excluding steroid dienone is 2. The predicted octanol–water partition coefficient (Wildman–Crippen LogP) is 3.01. The third-order valence-corrected chi connectivity index (χ3v) is 5.26. The van der Waals surface area contributed by atoms with Crippen LogP contribution in [0.1, 0.15) is 12.5 Å². The van der Waals surface area contributed by atoms with Gasteiger partial charge in [0.15, 0.2) is 5.78 Å². The van der Waals surface area contributed by atoms with Gasteiger partial charge < -0.3 is 9.47 Å². The van der Waals surface area contributed by atoms with Gasteiger partial charge in [-0.1, -0.05) is 48.7 Å². The molecule has 1 heterocycles. The van der Waals surface area contributed by atoms with Gasteiger partial charge in [0.1, 0.15) is 19.1 Å². The number of Topliss-reactive ketones (excluding diaryl/α,β-unsaturated/α-hetero) is 1. The van der Waals surface area contributed by atoms with E-state index in [0.29, 0.717) is 12.0 Å². The molecule has 1 unspecified atom stereocenters.